The van der Waals surface area contributed by atoms with Crippen molar-refractivity contribution < 1.29 is 28.5 Å². The Labute approximate surface area is 175 Å². The third kappa shape index (κ3) is 6.69. The second-order valence-electron chi connectivity index (χ2n) is 7.00. The first-order valence-corrected chi connectivity index (χ1v) is 9.81. The molecular formula is C23H28O7. The fourth-order valence-electron chi connectivity index (χ4n) is 2.67. The molecule has 2 aromatic rings. The lowest BCUT2D eigenvalue weighted by atomic mass is 10.1. The number of benzene rings is 1. The lowest BCUT2D eigenvalue weighted by Crippen LogP contribution is -2.14. The fourth-order valence-corrected chi connectivity index (χ4v) is 2.67. The first-order valence-electron chi connectivity index (χ1n) is 9.81. The third-order valence-electron chi connectivity index (χ3n) is 4.22. The number of rotatable bonds is 10. The minimum absolute atomic E-state index is 0.125. The van der Waals surface area contributed by atoms with Gasteiger partial charge in [0.1, 0.15) is 17.9 Å². The lowest BCUT2D eigenvalue weighted by molar-refractivity contribution is -0.145. The van der Waals surface area contributed by atoms with Crippen LogP contribution in [-0.2, 0) is 9.53 Å². The van der Waals surface area contributed by atoms with Crippen molar-refractivity contribution in [1.82, 2.24) is 0 Å². The van der Waals surface area contributed by atoms with Crippen molar-refractivity contribution in [2.45, 2.75) is 40.5 Å². The number of carbonyl (C=O) groups excluding carboxylic acids is 1. The van der Waals surface area contributed by atoms with Gasteiger partial charge in [0.2, 0.25) is 5.75 Å². The predicted octanol–water partition coefficient (Wildman–Crippen LogP) is 4.51. The predicted molar refractivity (Wildman–Crippen MR) is 114 cm³/mol. The number of ether oxygens (including phenoxy) is 3. The van der Waals surface area contributed by atoms with Crippen LogP contribution in [0.5, 0.6) is 17.2 Å². The Balaban J connectivity index is 2.09. The zero-order valence-electron chi connectivity index (χ0n) is 17.8. The van der Waals surface area contributed by atoms with Crippen molar-refractivity contribution in [2.24, 2.45) is 0 Å². The van der Waals surface area contributed by atoms with Gasteiger partial charge in [-0.05, 0) is 58.7 Å². The molecule has 1 N–H and O–H groups in total. The van der Waals surface area contributed by atoms with E-state index < -0.39 is 11.6 Å². The molecule has 0 aliphatic rings. The summed E-state index contributed by atoms with van der Waals surface area (Å²) in [5.74, 6) is -0.735. The van der Waals surface area contributed by atoms with Crippen molar-refractivity contribution in [3.05, 3.63) is 51.9 Å². The molecule has 0 amide bonds. The smallest absolute Gasteiger partial charge is 0.383 e. The summed E-state index contributed by atoms with van der Waals surface area (Å²) in [5, 5.41) is 10.8. The molecular weight excluding hydrogens is 388 g/mol. The van der Waals surface area contributed by atoms with E-state index in [9.17, 15) is 14.7 Å². The number of fused-ring (bicyclic) bond motifs is 1. The van der Waals surface area contributed by atoms with Crippen LogP contribution in [0.15, 0.2) is 50.7 Å². The summed E-state index contributed by atoms with van der Waals surface area (Å²) in [5.41, 5.74) is 1.73. The Morgan fingerprint density at radius 2 is 1.93 bits per heavy atom. The zero-order valence-corrected chi connectivity index (χ0v) is 17.8. The number of esters is 1. The summed E-state index contributed by atoms with van der Waals surface area (Å²) in [6.07, 6.45) is 5.86. The molecule has 0 atom stereocenters. The van der Waals surface area contributed by atoms with Crippen LogP contribution >= 0.6 is 0 Å². The van der Waals surface area contributed by atoms with Crippen molar-refractivity contribution in [2.75, 3.05) is 19.8 Å². The van der Waals surface area contributed by atoms with Gasteiger partial charge in [-0.3, -0.25) is 0 Å². The van der Waals surface area contributed by atoms with Crippen molar-refractivity contribution in [3.8, 4) is 17.2 Å². The minimum atomic E-state index is -0.793. The van der Waals surface area contributed by atoms with E-state index in [-0.39, 0.29) is 36.9 Å². The largest absolute Gasteiger partial charge is 0.504 e. The minimum Gasteiger partial charge on any atom is -0.504 e. The van der Waals surface area contributed by atoms with Gasteiger partial charge >= 0.3 is 11.6 Å². The number of carbonyl (C=O) groups is 1. The van der Waals surface area contributed by atoms with Crippen LogP contribution in [0.4, 0.5) is 0 Å². The van der Waals surface area contributed by atoms with Crippen LogP contribution in [0.2, 0.25) is 0 Å². The van der Waals surface area contributed by atoms with Gasteiger partial charge < -0.3 is 23.7 Å². The highest BCUT2D eigenvalue weighted by atomic mass is 16.6. The van der Waals surface area contributed by atoms with Crippen molar-refractivity contribution in [3.63, 3.8) is 0 Å². The van der Waals surface area contributed by atoms with Gasteiger partial charge in [0.15, 0.2) is 12.4 Å². The summed E-state index contributed by atoms with van der Waals surface area (Å²) < 4.78 is 20.8. The van der Waals surface area contributed by atoms with Gasteiger partial charge in [0.05, 0.1) is 12.0 Å². The molecule has 1 aromatic carbocycles. The molecule has 162 valence electrons. The molecule has 0 saturated heterocycles. The van der Waals surface area contributed by atoms with Gasteiger partial charge in [-0.25, -0.2) is 9.59 Å². The van der Waals surface area contributed by atoms with Crippen LogP contribution in [-0.4, -0.2) is 30.9 Å². The number of allylic oxidation sites excluding steroid dienone is 3. The Bertz CT molecular complexity index is 995. The van der Waals surface area contributed by atoms with Crippen LogP contribution in [0.3, 0.4) is 0 Å². The van der Waals surface area contributed by atoms with Crippen LogP contribution in [0.25, 0.3) is 11.0 Å². The summed E-state index contributed by atoms with van der Waals surface area (Å²) >= 11 is 0. The molecule has 30 heavy (non-hydrogen) atoms. The molecule has 0 unspecified atom stereocenters. The second kappa shape index (κ2) is 11.1. The van der Waals surface area contributed by atoms with E-state index in [1.165, 1.54) is 17.7 Å². The van der Waals surface area contributed by atoms with E-state index in [1.54, 1.807) is 13.0 Å². The van der Waals surface area contributed by atoms with Gasteiger partial charge in [-0.1, -0.05) is 17.2 Å². The Kier molecular flexibility index (Phi) is 8.53. The molecule has 0 radical (unpaired) electrons. The van der Waals surface area contributed by atoms with E-state index in [1.807, 2.05) is 13.0 Å². The number of hydrogen-bond donors (Lipinski definition) is 1. The molecule has 0 aliphatic carbocycles. The number of hydrogen-bond acceptors (Lipinski definition) is 7. The highest BCUT2D eigenvalue weighted by Gasteiger charge is 2.16. The van der Waals surface area contributed by atoms with E-state index in [0.717, 1.165) is 18.4 Å². The van der Waals surface area contributed by atoms with E-state index in [0.29, 0.717) is 11.1 Å². The maximum atomic E-state index is 12.2. The monoisotopic (exact) mass is 416 g/mol. The van der Waals surface area contributed by atoms with Gasteiger partial charge in [0.25, 0.3) is 0 Å². The summed E-state index contributed by atoms with van der Waals surface area (Å²) in [7, 11) is 0. The highest BCUT2D eigenvalue weighted by Crippen LogP contribution is 2.33. The maximum absolute atomic E-state index is 12.2. The molecule has 1 aromatic heterocycles. The average Bonchev–Trinajstić information content (AvgIpc) is 2.68. The van der Waals surface area contributed by atoms with Gasteiger partial charge in [-0.2, -0.15) is 0 Å². The first kappa shape index (κ1) is 23.1. The molecule has 0 fully saturated rings. The number of aromatic hydroxyl groups is 1. The van der Waals surface area contributed by atoms with E-state index >= 15 is 0 Å². The standard InChI is InChI=1S/C23H28O7/c1-5-27-20(24)14-29-17-9-10-18-19(13-17)30-23(26)22(21(18)25)28-12-11-16(4)8-6-7-15(2)3/h7,9-11,13,25H,5-6,8,12,14H2,1-4H3/b16-11+. The van der Waals surface area contributed by atoms with Crippen LogP contribution < -0.4 is 15.1 Å². The molecule has 0 aliphatic heterocycles. The molecule has 0 saturated carbocycles. The normalized spacial score (nSPS) is 11.3. The topological polar surface area (TPSA) is 95.2 Å². The fraction of sp³-hybridized carbons (Fsp3) is 0.391. The van der Waals surface area contributed by atoms with Crippen LogP contribution in [0, 0.1) is 0 Å². The van der Waals surface area contributed by atoms with Gasteiger partial charge in [-0.15, -0.1) is 0 Å². The Hall–Kier alpha value is -3.22. The molecule has 1 heterocycles. The highest BCUT2D eigenvalue weighted by molar-refractivity contribution is 5.86. The van der Waals surface area contributed by atoms with Gasteiger partial charge in [0, 0.05) is 6.07 Å². The molecule has 7 nitrogen and oxygen atoms in total. The van der Waals surface area contributed by atoms with Crippen LogP contribution in [0.1, 0.15) is 40.5 Å². The van der Waals surface area contributed by atoms with Crippen molar-refractivity contribution in [1.29, 1.82) is 0 Å². The third-order valence-corrected chi connectivity index (χ3v) is 4.22. The summed E-state index contributed by atoms with van der Waals surface area (Å²) in [4.78, 5) is 23.6. The van der Waals surface area contributed by atoms with Crippen molar-refractivity contribution >= 4 is 16.9 Å². The molecule has 7 heteroatoms. The Morgan fingerprint density at radius 3 is 2.63 bits per heavy atom. The molecule has 0 bridgehead atoms. The average molecular weight is 416 g/mol. The van der Waals surface area contributed by atoms with E-state index in [2.05, 4.69) is 19.9 Å². The lowest BCUT2D eigenvalue weighted by Gasteiger charge is -2.09. The summed E-state index contributed by atoms with van der Waals surface area (Å²) in [6, 6.07) is 4.51. The molecule has 0 spiro atoms. The Morgan fingerprint density at radius 1 is 1.17 bits per heavy atom. The first-order chi connectivity index (χ1) is 14.3. The second-order valence-corrected chi connectivity index (χ2v) is 7.00. The van der Waals surface area contributed by atoms with E-state index in [4.69, 9.17) is 18.6 Å². The summed E-state index contributed by atoms with van der Waals surface area (Å²) in [6.45, 7) is 7.94. The maximum Gasteiger partial charge on any atom is 0.383 e. The zero-order chi connectivity index (χ0) is 22.1. The SMILES string of the molecule is CCOC(=O)COc1ccc2c(O)c(OC/C=C(\C)CCC=C(C)C)c(=O)oc2c1. The quantitative estimate of drug-likeness (QED) is 0.346. The molecule has 2 rings (SSSR count).